The van der Waals surface area contributed by atoms with Gasteiger partial charge in [0.1, 0.15) is 4.90 Å². The molecular formula is C17H15Cl2F3N2O2S. The summed E-state index contributed by atoms with van der Waals surface area (Å²) >= 11 is 12.0. The van der Waals surface area contributed by atoms with Crippen LogP contribution >= 0.6 is 23.2 Å². The third kappa shape index (κ3) is 4.08. The van der Waals surface area contributed by atoms with E-state index in [-0.39, 0.29) is 46.6 Å². The highest BCUT2D eigenvalue weighted by Crippen LogP contribution is 2.39. The van der Waals surface area contributed by atoms with Gasteiger partial charge in [-0.05, 0) is 37.1 Å². The van der Waals surface area contributed by atoms with Gasteiger partial charge in [-0.3, -0.25) is 4.98 Å². The second kappa shape index (κ2) is 7.58. The first-order valence-electron chi connectivity index (χ1n) is 8.08. The molecule has 0 bridgehead atoms. The summed E-state index contributed by atoms with van der Waals surface area (Å²) in [6, 6.07) is 6.63. The number of piperidine rings is 1. The SMILES string of the molecule is O=S(=O)(c1c(Cl)cccc1Cl)N1CCC(c2ncccc2C(F)(F)F)CC1. The molecule has 3 rings (SSSR count). The minimum Gasteiger partial charge on any atom is -0.260 e. The smallest absolute Gasteiger partial charge is 0.260 e. The van der Waals surface area contributed by atoms with Crippen LogP contribution < -0.4 is 0 Å². The number of alkyl halides is 3. The zero-order valence-electron chi connectivity index (χ0n) is 13.9. The molecular weight excluding hydrogens is 424 g/mol. The molecule has 0 unspecified atom stereocenters. The van der Waals surface area contributed by atoms with E-state index in [9.17, 15) is 21.6 Å². The molecule has 146 valence electrons. The Balaban J connectivity index is 1.83. The first kappa shape index (κ1) is 20.4. The van der Waals surface area contributed by atoms with Crippen molar-refractivity contribution in [3.63, 3.8) is 0 Å². The van der Waals surface area contributed by atoms with Crippen LogP contribution in [-0.2, 0) is 16.2 Å². The lowest BCUT2D eigenvalue weighted by Gasteiger charge is -2.32. The Morgan fingerprint density at radius 3 is 2.19 bits per heavy atom. The molecule has 0 amide bonds. The average Bonchev–Trinajstić information content (AvgIpc) is 2.61. The summed E-state index contributed by atoms with van der Waals surface area (Å²) in [5, 5.41) is 0.0161. The monoisotopic (exact) mass is 438 g/mol. The van der Waals surface area contributed by atoms with E-state index >= 15 is 0 Å². The number of hydrogen-bond acceptors (Lipinski definition) is 3. The molecule has 27 heavy (non-hydrogen) atoms. The normalized spacial score (nSPS) is 17.2. The van der Waals surface area contributed by atoms with Crippen molar-refractivity contribution < 1.29 is 21.6 Å². The highest BCUT2D eigenvalue weighted by atomic mass is 35.5. The standard InChI is InChI=1S/C17H15Cl2F3N2O2S/c18-13-4-1-5-14(19)16(13)27(25,26)24-9-6-11(7-10-24)15-12(17(20,21)22)3-2-8-23-15/h1-5,8,11H,6-7,9-10H2. The number of nitrogens with zero attached hydrogens (tertiary/aromatic N) is 2. The summed E-state index contributed by atoms with van der Waals surface area (Å²) in [5.41, 5.74) is -0.821. The molecule has 10 heteroatoms. The summed E-state index contributed by atoms with van der Waals surface area (Å²) in [7, 11) is -3.94. The third-order valence-corrected chi connectivity index (χ3v) is 7.36. The van der Waals surface area contributed by atoms with Crippen molar-refractivity contribution in [2.24, 2.45) is 0 Å². The first-order valence-corrected chi connectivity index (χ1v) is 10.3. The van der Waals surface area contributed by atoms with Gasteiger partial charge in [0.15, 0.2) is 0 Å². The van der Waals surface area contributed by atoms with Crippen molar-refractivity contribution in [3.8, 4) is 0 Å². The average molecular weight is 439 g/mol. The number of aromatic nitrogens is 1. The summed E-state index contributed by atoms with van der Waals surface area (Å²) in [6.07, 6.45) is -2.74. The molecule has 1 aliphatic rings. The van der Waals surface area contributed by atoms with Gasteiger partial charge in [-0.15, -0.1) is 0 Å². The second-order valence-electron chi connectivity index (χ2n) is 6.16. The minimum absolute atomic E-state index is 0.00806. The van der Waals surface area contributed by atoms with Crippen molar-refractivity contribution in [2.75, 3.05) is 13.1 Å². The minimum atomic E-state index is -4.50. The van der Waals surface area contributed by atoms with E-state index in [0.717, 1.165) is 6.07 Å². The summed E-state index contributed by atoms with van der Waals surface area (Å²) in [6.45, 7) is 0.116. The second-order valence-corrected chi connectivity index (χ2v) is 8.85. The van der Waals surface area contributed by atoms with E-state index in [1.54, 1.807) is 0 Å². The molecule has 1 aromatic heterocycles. The van der Waals surface area contributed by atoms with Gasteiger partial charge in [-0.2, -0.15) is 17.5 Å². The number of sulfonamides is 1. The number of pyridine rings is 1. The highest BCUT2D eigenvalue weighted by molar-refractivity contribution is 7.89. The molecule has 2 aromatic rings. The molecule has 1 aromatic carbocycles. The fraction of sp³-hybridized carbons (Fsp3) is 0.353. The van der Waals surface area contributed by atoms with Crippen LogP contribution in [0.15, 0.2) is 41.4 Å². The zero-order valence-corrected chi connectivity index (χ0v) is 16.2. The van der Waals surface area contributed by atoms with E-state index in [0.29, 0.717) is 0 Å². The molecule has 1 aliphatic heterocycles. The molecule has 0 atom stereocenters. The van der Waals surface area contributed by atoms with Gasteiger partial charge in [0.05, 0.1) is 21.3 Å². The number of rotatable bonds is 3. The van der Waals surface area contributed by atoms with Crippen LogP contribution in [0.1, 0.15) is 30.0 Å². The predicted molar refractivity (Wildman–Crippen MR) is 96.4 cm³/mol. The van der Waals surface area contributed by atoms with E-state index in [1.807, 2.05) is 0 Å². The van der Waals surface area contributed by atoms with Gasteiger partial charge in [0, 0.05) is 25.2 Å². The number of hydrogen-bond donors (Lipinski definition) is 0. The number of halogens is 5. The Hall–Kier alpha value is -1.35. The maximum Gasteiger partial charge on any atom is 0.418 e. The fourth-order valence-corrected chi connectivity index (χ4v) is 5.77. The molecule has 2 heterocycles. The largest absolute Gasteiger partial charge is 0.418 e. The fourth-order valence-electron chi connectivity index (χ4n) is 3.21. The lowest BCUT2D eigenvalue weighted by atomic mass is 9.91. The Bertz CT molecular complexity index is 923. The maximum absolute atomic E-state index is 13.2. The van der Waals surface area contributed by atoms with Crippen LogP contribution in [0.25, 0.3) is 0 Å². The number of benzene rings is 1. The molecule has 4 nitrogen and oxygen atoms in total. The van der Waals surface area contributed by atoms with E-state index in [1.165, 1.54) is 34.8 Å². The Morgan fingerprint density at radius 2 is 1.63 bits per heavy atom. The van der Waals surface area contributed by atoms with Gasteiger partial charge in [-0.1, -0.05) is 29.3 Å². The summed E-state index contributed by atoms with van der Waals surface area (Å²) < 4.78 is 66.5. The molecule has 0 saturated carbocycles. The molecule has 0 aliphatic carbocycles. The van der Waals surface area contributed by atoms with Crippen LogP contribution in [0, 0.1) is 0 Å². The van der Waals surface area contributed by atoms with Crippen LogP contribution in [0.5, 0.6) is 0 Å². The quantitative estimate of drug-likeness (QED) is 0.678. The third-order valence-electron chi connectivity index (χ3n) is 4.50. The Kier molecular flexibility index (Phi) is 5.72. The topological polar surface area (TPSA) is 50.3 Å². The first-order chi connectivity index (χ1) is 12.6. The van der Waals surface area contributed by atoms with Crippen molar-refractivity contribution in [1.29, 1.82) is 0 Å². The van der Waals surface area contributed by atoms with Crippen LogP contribution in [0.3, 0.4) is 0 Å². The van der Waals surface area contributed by atoms with Crippen molar-refractivity contribution >= 4 is 33.2 Å². The van der Waals surface area contributed by atoms with Gasteiger partial charge >= 0.3 is 6.18 Å². The molecule has 0 N–H and O–H groups in total. The van der Waals surface area contributed by atoms with Gasteiger partial charge < -0.3 is 0 Å². The lowest BCUT2D eigenvalue weighted by molar-refractivity contribution is -0.138. The maximum atomic E-state index is 13.2. The van der Waals surface area contributed by atoms with Gasteiger partial charge in [0.2, 0.25) is 10.0 Å². The van der Waals surface area contributed by atoms with Crippen molar-refractivity contribution in [3.05, 3.63) is 57.8 Å². The highest BCUT2D eigenvalue weighted by Gasteiger charge is 2.38. The van der Waals surface area contributed by atoms with E-state index < -0.39 is 27.7 Å². The molecule has 1 saturated heterocycles. The molecule has 1 fully saturated rings. The van der Waals surface area contributed by atoms with Crippen molar-refractivity contribution in [2.45, 2.75) is 29.8 Å². The Labute approximate surface area is 165 Å². The van der Waals surface area contributed by atoms with Crippen LogP contribution in [0.4, 0.5) is 13.2 Å². The van der Waals surface area contributed by atoms with E-state index in [4.69, 9.17) is 23.2 Å². The van der Waals surface area contributed by atoms with Crippen molar-refractivity contribution in [1.82, 2.24) is 9.29 Å². The van der Waals surface area contributed by atoms with Crippen LogP contribution in [0.2, 0.25) is 10.0 Å². The predicted octanol–water partition coefficient (Wildman–Crippen LogP) is 4.98. The Morgan fingerprint density at radius 1 is 1.04 bits per heavy atom. The molecule has 0 radical (unpaired) electrons. The lowest BCUT2D eigenvalue weighted by Crippen LogP contribution is -2.38. The van der Waals surface area contributed by atoms with Crippen LogP contribution in [-0.4, -0.2) is 30.8 Å². The molecule has 0 spiro atoms. The van der Waals surface area contributed by atoms with E-state index in [2.05, 4.69) is 4.98 Å². The zero-order chi connectivity index (χ0) is 19.8. The summed E-state index contributed by atoms with van der Waals surface area (Å²) in [5.74, 6) is -0.476. The summed E-state index contributed by atoms with van der Waals surface area (Å²) in [4.78, 5) is 3.73. The van der Waals surface area contributed by atoms with Gasteiger partial charge in [-0.25, -0.2) is 8.42 Å². The van der Waals surface area contributed by atoms with Gasteiger partial charge in [0.25, 0.3) is 0 Å².